The maximum absolute atomic E-state index is 14.0. The second-order valence-corrected chi connectivity index (χ2v) is 15.0. The van der Waals surface area contributed by atoms with E-state index in [9.17, 15) is 19.5 Å². The molecule has 2 fully saturated rings. The lowest BCUT2D eigenvalue weighted by molar-refractivity contribution is -0.150. The summed E-state index contributed by atoms with van der Waals surface area (Å²) in [7, 11) is 2.64. The largest absolute Gasteiger partial charge is 0.453 e. The summed E-state index contributed by atoms with van der Waals surface area (Å²) in [6, 6.07) is 28.0. The highest BCUT2D eigenvalue weighted by Crippen LogP contribution is 2.34. The molecule has 0 bridgehead atoms. The molecule has 310 valence electrons. The maximum atomic E-state index is 14.0. The van der Waals surface area contributed by atoms with Gasteiger partial charge in [-0.15, -0.1) is 0 Å². The molecule has 5 N–H and O–H groups in total. The number of hydrogen-bond donors (Lipinski definition) is 5. The van der Waals surface area contributed by atoms with Gasteiger partial charge >= 0.3 is 6.09 Å². The van der Waals surface area contributed by atoms with Crippen molar-refractivity contribution in [2.75, 3.05) is 40.5 Å². The molecule has 0 radical (unpaired) electrons. The van der Waals surface area contributed by atoms with E-state index in [1.165, 1.54) is 14.2 Å². The number of H-pyrrole nitrogens is 2. The topological polar surface area (TPSA) is 187 Å². The number of fused-ring (bicyclic) bond motifs is 1. The number of alkyl carbamates (subject to hydrolysis) is 1. The monoisotopic (exact) mass is 812 g/mol. The average molecular weight is 813 g/mol. The average Bonchev–Trinajstić information content (AvgIpc) is 4.10. The van der Waals surface area contributed by atoms with Gasteiger partial charge in [0, 0.05) is 25.8 Å². The minimum atomic E-state index is -1.33. The first-order valence-corrected chi connectivity index (χ1v) is 20.0. The fourth-order valence-electron chi connectivity index (χ4n) is 8.03. The Kier molecular flexibility index (Phi) is 12.0. The van der Waals surface area contributed by atoms with Crippen LogP contribution in [0.5, 0.6) is 0 Å². The highest BCUT2D eigenvalue weighted by molar-refractivity contribution is 5.91. The minimum Gasteiger partial charge on any atom is -0.453 e. The molecular weight excluding hydrogens is 765 g/mol. The second-order valence-electron chi connectivity index (χ2n) is 15.0. The number of benzene rings is 4. The predicted molar refractivity (Wildman–Crippen MR) is 224 cm³/mol. The molecular formula is C45H48N8O7. The van der Waals surface area contributed by atoms with Crippen molar-refractivity contribution in [3.05, 3.63) is 121 Å². The number of likely N-dealkylation sites (tertiary alicyclic amines) is 1. The van der Waals surface area contributed by atoms with Crippen molar-refractivity contribution in [1.29, 1.82) is 0 Å². The zero-order valence-corrected chi connectivity index (χ0v) is 33.6. The summed E-state index contributed by atoms with van der Waals surface area (Å²) >= 11 is 0. The summed E-state index contributed by atoms with van der Waals surface area (Å²) in [6.45, 7) is 3.27. The van der Waals surface area contributed by atoms with Crippen molar-refractivity contribution >= 4 is 28.7 Å². The lowest BCUT2D eigenvalue weighted by Gasteiger charge is -2.37. The van der Waals surface area contributed by atoms with E-state index in [0.717, 1.165) is 63.1 Å². The Labute approximate surface area is 347 Å². The third-order valence-corrected chi connectivity index (χ3v) is 11.3. The van der Waals surface area contributed by atoms with Crippen LogP contribution in [0.1, 0.15) is 55.1 Å². The lowest BCUT2D eigenvalue weighted by Crippen LogP contribution is -2.50. The summed E-state index contributed by atoms with van der Waals surface area (Å²) in [5, 5.41) is 17.9. The van der Waals surface area contributed by atoms with E-state index < -0.39 is 30.6 Å². The number of rotatable bonds is 12. The van der Waals surface area contributed by atoms with E-state index in [4.69, 9.17) is 9.47 Å². The zero-order valence-electron chi connectivity index (χ0n) is 33.6. The van der Waals surface area contributed by atoms with E-state index in [1.807, 2.05) is 42.5 Å². The first kappa shape index (κ1) is 40.4. The van der Waals surface area contributed by atoms with Crippen LogP contribution in [0.4, 0.5) is 4.79 Å². The van der Waals surface area contributed by atoms with Gasteiger partial charge in [0.15, 0.2) is 0 Å². The molecule has 0 saturated carbocycles. The molecule has 2 aliphatic rings. The van der Waals surface area contributed by atoms with Gasteiger partial charge in [-0.25, -0.2) is 14.8 Å². The van der Waals surface area contributed by atoms with Crippen LogP contribution in [0.25, 0.3) is 44.4 Å². The Bertz CT molecular complexity index is 2450. The Morgan fingerprint density at radius 1 is 0.783 bits per heavy atom. The van der Waals surface area contributed by atoms with Crippen molar-refractivity contribution < 1.29 is 33.7 Å². The maximum Gasteiger partial charge on any atom is 0.407 e. The summed E-state index contributed by atoms with van der Waals surface area (Å²) in [6.07, 6.45) is 3.24. The molecule has 15 nitrogen and oxygen atoms in total. The van der Waals surface area contributed by atoms with Gasteiger partial charge in [-0.1, -0.05) is 78.9 Å². The molecule has 4 aromatic carbocycles. The van der Waals surface area contributed by atoms with Gasteiger partial charge in [-0.2, -0.15) is 0 Å². The summed E-state index contributed by atoms with van der Waals surface area (Å²) in [5.41, 5.74) is 6.44. The molecule has 1 unspecified atom stereocenters. The van der Waals surface area contributed by atoms with Crippen molar-refractivity contribution in [2.45, 2.75) is 50.3 Å². The predicted octanol–water partition coefficient (Wildman–Crippen LogP) is 5.85. The van der Waals surface area contributed by atoms with E-state index in [-0.39, 0.29) is 24.5 Å². The smallest absolute Gasteiger partial charge is 0.407 e. The quantitative estimate of drug-likeness (QED) is 0.0940. The number of nitrogens with zero attached hydrogens (tertiary/aromatic N) is 4. The van der Waals surface area contributed by atoms with Gasteiger partial charge in [0.1, 0.15) is 29.8 Å². The summed E-state index contributed by atoms with van der Waals surface area (Å²) in [5.74, 6) is 0.929. The number of aliphatic hydroxyl groups excluding tert-OH is 1. The number of hydrogen-bond acceptors (Lipinski definition) is 10. The molecule has 15 heteroatoms. The third-order valence-electron chi connectivity index (χ3n) is 11.3. The van der Waals surface area contributed by atoms with Crippen molar-refractivity contribution in [3.63, 3.8) is 0 Å². The SMILES string of the molecule is COC(=O)N[C@@H](C)C(=O)N1CCC[C@H]1c1ncc(-c2ccc3cc(-c4ccc(-c5cnc([C@@H]6COCCN6C(=O)[C@H](NC(O)OC)c6ccccc6)[nH]5)cc4)ccc3c2)[nH]1. The highest BCUT2D eigenvalue weighted by Gasteiger charge is 2.37. The molecule has 0 spiro atoms. The van der Waals surface area contributed by atoms with Crippen LogP contribution >= 0.6 is 0 Å². The number of methoxy groups -OCH3 is 2. The Hall–Kier alpha value is -6.39. The highest BCUT2D eigenvalue weighted by atomic mass is 16.6. The van der Waals surface area contributed by atoms with Crippen LogP contribution in [0, 0.1) is 0 Å². The Morgan fingerprint density at radius 2 is 1.40 bits per heavy atom. The fourth-order valence-corrected chi connectivity index (χ4v) is 8.03. The normalized spacial score (nSPS) is 18.3. The number of aliphatic hydroxyl groups is 1. The number of imidazole rings is 2. The molecule has 2 aliphatic heterocycles. The van der Waals surface area contributed by atoms with E-state index >= 15 is 0 Å². The molecule has 2 saturated heterocycles. The number of nitrogens with one attached hydrogen (secondary N) is 4. The molecule has 5 atom stereocenters. The summed E-state index contributed by atoms with van der Waals surface area (Å²) in [4.78, 5) is 58.6. The van der Waals surface area contributed by atoms with Gasteiger partial charge in [0.2, 0.25) is 18.2 Å². The van der Waals surface area contributed by atoms with Crippen molar-refractivity contribution in [1.82, 2.24) is 40.4 Å². The van der Waals surface area contributed by atoms with Gasteiger partial charge in [0.25, 0.3) is 0 Å². The minimum absolute atomic E-state index is 0.174. The molecule has 6 aromatic rings. The fraction of sp³-hybridized carbons (Fsp3) is 0.311. The molecule has 3 amide bonds. The molecule has 0 aliphatic carbocycles. The van der Waals surface area contributed by atoms with Crippen LogP contribution in [-0.4, -0.2) is 106 Å². The van der Waals surface area contributed by atoms with E-state index in [0.29, 0.717) is 31.1 Å². The van der Waals surface area contributed by atoms with Gasteiger partial charge < -0.3 is 44.4 Å². The number of carbonyl (C=O) groups is 3. The number of amides is 3. The molecule has 8 rings (SSSR count). The second kappa shape index (κ2) is 17.8. The van der Waals surface area contributed by atoms with Gasteiger partial charge in [0.05, 0.1) is 50.1 Å². The number of ether oxygens (including phenoxy) is 3. The number of aromatic nitrogens is 4. The number of aromatic amines is 2. The number of carbonyl (C=O) groups excluding carboxylic acids is 3. The zero-order chi connectivity index (χ0) is 41.8. The van der Waals surface area contributed by atoms with E-state index in [2.05, 4.69) is 83.8 Å². The van der Waals surface area contributed by atoms with Crippen LogP contribution in [0.2, 0.25) is 0 Å². The number of morpholine rings is 1. The van der Waals surface area contributed by atoms with Gasteiger partial charge in [-0.3, -0.25) is 14.9 Å². The molecule has 60 heavy (non-hydrogen) atoms. The standard InChI is InChI=1S/C45H48N8O7/c1-27(48-44(56)58-2)42(54)52-19-7-10-37(52)40-46-25-36(50-40)34-18-17-32-22-31(15-16-33(32)23-34)28-11-13-29(14-12-28)35-24-47-41(49-35)38-26-60-21-20-53(38)43(55)39(51-45(57)59-3)30-8-5-4-6-9-30/h4-6,8-9,11-18,22-25,27,37-39,45,51,57H,7,10,19-21,26H2,1-3H3,(H,46,50)(H,47,49)(H,48,56)/t27-,37-,38-,39+,45?/m0/s1. The van der Waals surface area contributed by atoms with Crippen molar-refractivity contribution in [3.8, 4) is 33.6 Å². The van der Waals surface area contributed by atoms with Crippen LogP contribution < -0.4 is 10.6 Å². The van der Waals surface area contributed by atoms with Crippen LogP contribution in [0.15, 0.2) is 103 Å². The molecule has 4 heterocycles. The lowest BCUT2D eigenvalue weighted by atomic mass is 9.98. The van der Waals surface area contributed by atoms with Gasteiger partial charge in [-0.05, 0) is 64.9 Å². The summed E-state index contributed by atoms with van der Waals surface area (Å²) < 4.78 is 15.5. The molecule has 2 aromatic heterocycles. The third kappa shape index (κ3) is 8.51. The Morgan fingerprint density at radius 3 is 2.10 bits per heavy atom. The van der Waals surface area contributed by atoms with E-state index in [1.54, 1.807) is 29.1 Å². The van der Waals surface area contributed by atoms with Crippen LogP contribution in [-0.2, 0) is 23.8 Å². The first-order valence-electron chi connectivity index (χ1n) is 20.0. The van der Waals surface area contributed by atoms with Crippen LogP contribution in [0.3, 0.4) is 0 Å². The Balaban J connectivity index is 0.947. The van der Waals surface area contributed by atoms with Crippen molar-refractivity contribution in [2.24, 2.45) is 0 Å². The first-order chi connectivity index (χ1) is 29.2.